The van der Waals surface area contributed by atoms with Gasteiger partial charge in [-0.3, -0.25) is 14.5 Å². The van der Waals surface area contributed by atoms with E-state index in [1.54, 1.807) is 27.4 Å². The molecule has 6 rings (SSSR count). The number of benzene rings is 2. The summed E-state index contributed by atoms with van der Waals surface area (Å²) in [6, 6.07) is 11.6. The lowest BCUT2D eigenvalue weighted by Crippen LogP contribution is -2.57. The molecule has 4 fully saturated rings. The first-order valence-electron chi connectivity index (χ1n) is 19.0. The second-order valence-electron chi connectivity index (χ2n) is 15.1. The third-order valence-electron chi connectivity index (χ3n) is 12.2. The molecule has 3 saturated heterocycles. The van der Waals surface area contributed by atoms with Gasteiger partial charge in [0.15, 0.2) is 5.60 Å². The third kappa shape index (κ3) is 8.18. The second-order valence-corrected chi connectivity index (χ2v) is 15.1. The van der Waals surface area contributed by atoms with Crippen LogP contribution in [0.3, 0.4) is 0 Å². The molecule has 4 aliphatic rings. The van der Waals surface area contributed by atoms with Crippen molar-refractivity contribution in [3.05, 3.63) is 59.2 Å². The molecule has 0 radical (unpaired) electrons. The van der Waals surface area contributed by atoms with E-state index in [0.717, 1.165) is 42.9 Å². The number of carboxylic acid groups (broad SMARTS) is 1. The number of aliphatic carboxylic acids is 1. The standard InChI is InChI=1S/C40H54F3N3O7/c1-5-53-33-13-9-30(10-14-33)45-23-35(26-6-11-32(51-3)12-7-26)39(25-45,52-4)38(49)46-22-28(20-31(46)24-50-2)34-15-8-29(40(41,42)43)21-36(34)44-18-16-27(17-19-44)37(47)48/h6-8,11-12,15,21,27-28,30-31,33,35H,5,9-10,13-14,16-20,22-25H2,1-4H3,(H,47,48)/t28-,30?,31+,33?,35+,39+/m1/s1. The van der Waals surface area contributed by atoms with Crippen molar-refractivity contribution in [2.45, 2.75) is 93.7 Å². The van der Waals surface area contributed by atoms with Crippen LogP contribution in [0.4, 0.5) is 18.9 Å². The van der Waals surface area contributed by atoms with E-state index in [4.69, 9.17) is 18.9 Å². The van der Waals surface area contributed by atoms with Crippen LogP contribution in [-0.2, 0) is 30.0 Å². The van der Waals surface area contributed by atoms with Crippen molar-refractivity contribution in [2.24, 2.45) is 5.92 Å². The van der Waals surface area contributed by atoms with Crippen molar-refractivity contribution >= 4 is 17.6 Å². The van der Waals surface area contributed by atoms with Gasteiger partial charge >= 0.3 is 12.1 Å². The van der Waals surface area contributed by atoms with Crippen molar-refractivity contribution in [1.82, 2.24) is 9.80 Å². The van der Waals surface area contributed by atoms with Crippen LogP contribution in [0.2, 0.25) is 0 Å². The lowest BCUT2D eigenvalue weighted by Gasteiger charge is -2.39. The number of halogens is 3. The monoisotopic (exact) mass is 745 g/mol. The van der Waals surface area contributed by atoms with Gasteiger partial charge in [0.2, 0.25) is 0 Å². The molecule has 2 aromatic carbocycles. The highest BCUT2D eigenvalue weighted by Gasteiger charge is 2.58. The molecule has 13 heteroatoms. The van der Waals surface area contributed by atoms with Crippen LogP contribution in [0.25, 0.3) is 0 Å². The molecule has 1 saturated carbocycles. The number of nitrogens with zero attached hydrogens (tertiary/aromatic N) is 3. The lowest BCUT2D eigenvalue weighted by atomic mass is 9.83. The summed E-state index contributed by atoms with van der Waals surface area (Å²) in [5.74, 6) is -1.39. The summed E-state index contributed by atoms with van der Waals surface area (Å²) >= 11 is 0. The van der Waals surface area contributed by atoms with Crippen LogP contribution in [0.15, 0.2) is 42.5 Å². The van der Waals surface area contributed by atoms with Gasteiger partial charge in [-0.2, -0.15) is 13.2 Å². The summed E-state index contributed by atoms with van der Waals surface area (Å²) in [5, 5.41) is 9.56. The maximum Gasteiger partial charge on any atom is 0.416 e. The van der Waals surface area contributed by atoms with E-state index in [2.05, 4.69) is 4.90 Å². The number of amides is 1. The van der Waals surface area contributed by atoms with E-state index >= 15 is 4.79 Å². The fourth-order valence-electron chi connectivity index (χ4n) is 9.36. The van der Waals surface area contributed by atoms with Gasteiger partial charge in [0.1, 0.15) is 5.75 Å². The Morgan fingerprint density at radius 1 is 0.943 bits per heavy atom. The molecule has 1 N–H and O–H groups in total. The molecule has 2 aromatic rings. The van der Waals surface area contributed by atoms with Crippen LogP contribution < -0.4 is 9.64 Å². The Hall–Kier alpha value is -3.39. The number of hydrogen-bond acceptors (Lipinski definition) is 8. The quantitative estimate of drug-likeness (QED) is 0.273. The number of hydrogen-bond donors (Lipinski definition) is 1. The van der Waals surface area contributed by atoms with Gasteiger partial charge in [-0.05, 0) is 87.3 Å². The first-order valence-corrected chi connectivity index (χ1v) is 19.0. The van der Waals surface area contributed by atoms with E-state index in [9.17, 15) is 23.1 Å². The topological polar surface area (TPSA) is 101 Å². The van der Waals surface area contributed by atoms with Gasteiger partial charge in [-0.1, -0.05) is 18.2 Å². The molecule has 53 heavy (non-hydrogen) atoms. The fraction of sp³-hybridized carbons (Fsp3) is 0.650. The minimum absolute atomic E-state index is 0.147. The Labute approximate surface area is 310 Å². The summed E-state index contributed by atoms with van der Waals surface area (Å²) in [5.41, 5.74) is 0.179. The third-order valence-corrected chi connectivity index (χ3v) is 12.2. The molecule has 292 valence electrons. The van der Waals surface area contributed by atoms with Crippen LogP contribution >= 0.6 is 0 Å². The zero-order chi connectivity index (χ0) is 37.9. The Morgan fingerprint density at radius 2 is 1.64 bits per heavy atom. The molecule has 3 aliphatic heterocycles. The van der Waals surface area contributed by atoms with E-state index in [1.807, 2.05) is 41.0 Å². The van der Waals surface area contributed by atoms with Gasteiger partial charge in [-0.15, -0.1) is 0 Å². The van der Waals surface area contributed by atoms with E-state index in [1.165, 1.54) is 6.07 Å². The Kier molecular flexibility index (Phi) is 12.3. The SMILES string of the molecule is CCOC1CCC(N2C[C@@H](c3ccc(OC)cc3)[C@](OC)(C(=O)N3C[C@H](c4ccc(C(F)(F)F)cc4N4CCC(C(=O)O)CC4)C[C@H]3COC)C2)CC1. The molecular formula is C40H54F3N3O7. The molecule has 0 unspecified atom stereocenters. The van der Waals surface area contributed by atoms with Gasteiger partial charge < -0.3 is 33.9 Å². The summed E-state index contributed by atoms with van der Waals surface area (Å²) in [7, 11) is 4.82. The molecule has 0 aromatic heterocycles. The van der Waals surface area contributed by atoms with Crippen LogP contribution in [-0.4, -0.2) is 118 Å². The maximum absolute atomic E-state index is 15.3. The Morgan fingerprint density at radius 3 is 2.23 bits per heavy atom. The summed E-state index contributed by atoms with van der Waals surface area (Å²) in [4.78, 5) is 33.1. The highest BCUT2D eigenvalue weighted by atomic mass is 19.4. The molecule has 3 heterocycles. The highest BCUT2D eigenvalue weighted by molar-refractivity contribution is 5.88. The van der Waals surface area contributed by atoms with Crippen molar-refractivity contribution in [1.29, 1.82) is 0 Å². The van der Waals surface area contributed by atoms with Gasteiger partial charge in [0.25, 0.3) is 5.91 Å². The predicted octanol–water partition coefficient (Wildman–Crippen LogP) is 6.18. The molecule has 1 amide bonds. The van der Waals surface area contributed by atoms with Crippen LogP contribution in [0.5, 0.6) is 5.75 Å². The van der Waals surface area contributed by atoms with Gasteiger partial charge in [0, 0.05) is 77.1 Å². The summed E-state index contributed by atoms with van der Waals surface area (Å²) < 4.78 is 65.6. The molecule has 10 nitrogen and oxygen atoms in total. The van der Waals surface area contributed by atoms with E-state index in [-0.39, 0.29) is 49.1 Å². The number of ether oxygens (including phenoxy) is 4. The predicted molar refractivity (Wildman–Crippen MR) is 193 cm³/mol. The normalized spacial score (nSPS) is 28.8. The lowest BCUT2D eigenvalue weighted by molar-refractivity contribution is -0.157. The zero-order valence-electron chi connectivity index (χ0n) is 31.3. The number of carbonyl (C=O) groups excluding carboxylic acids is 1. The van der Waals surface area contributed by atoms with Crippen LogP contribution in [0, 0.1) is 5.92 Å². The number of methoxy groups -OCH3 is 3. The average molecular weight is 746 g/mol. The van der Waals surface area contributed by atoms with E-state index in [0.29, 0.717) is 63.5 Å². The average Bonchev–Trinajstić information content (AvgIpc) is 3.77. The molecule has 1 aliphatic carbocycles. The largest absolute Gasteiger partial charge is 0.497 e. The second kappa shape index (κ2) is 16.5. The van der Waals surface area contributed by atoms with E-state index < -0.39 is 29.2 Å². The van der Waals surface area contributed by atoms with Gasteiger partial charge in [0.05, 0.1) is 37.3 Å². The van der Waals surface area contributed by atoms with Crippen molar-refractivity contribution in [2.75, 3.05) is 72.2 Å². The number of anilines is 1. The van der Waals surface area contributed by atoms with Gasteiger partial charge in [-0.25, -0.2) is 0 Å². The smallest absolute Gasteiger partial charge is 0.416 e. The molecule has 0 spiro atoms. The van der Waals surface area contributed by atoms with Crippen molar-refractivity contribution in [3.63, 3.8) is 0 Å². The molecule has 4 atom stereocenters. The van der Waals surface area contributed by atoms with Crippen molar-refractivity contribution in [3.8, 4) is 5.75 Å². The Bertz CT molecular complexity index is 1560. The Balaban J connectivity index is 1.32. The number of piperidine rings is 1. The van der Waals surface area contributed by atoms with Crippen LogP contribution in [0.1, 0.15) is 80.4 Å². The first-order chi connectivity index (χ1) is 25.4. The van der Waals surface area contributed by atoms with Crippen molar-refractivity contribution < 1.29 is 46.8 Å². The maximum atomic E-state index is 15.3. The summed E-state index contributed by atoms with van der Waals surface area (Å²) in [6.07, 6.45) is 0.757. The minimum Gasteiger partial charge on any atom is -0.497 e. The minimum atomic E-state index is -4.54. The number of carboxylic acids is 1. The number of likely N-dealkylation sites (tertiary alicyclic amines) is 2. The number of rotatable bonds is 12. The zero-order valence-corrected chi connectivity index (χ0v) is 31.3. The highest BCUT2D eigenvalue weighted by Crippen LogP contribution is 2.47. The number of carbonyl (C=O) groups is 2. The number of alkyl halides is 3. The summed E-state index contributed by atoms with van der Waals surface area (Å²) in [6.45, 7) is 4.98. The fourth-order valence-corrected chi connectivity index (χ4v) is 9.36. The first kappa shape index (κ1) is 39.3. The molecule has 0 bridgehead atoms. The molecular weight excluding hydrogens is 691 g/mol.